The molecular formula is C8H13N3O. The Morgan fingerprint density at radius 1 is 1.58 bits per heavy atom. The van der Waals surface area contributed by atoms with Gasteiger partial charge in [0.25, 0.3) is 0 Å². The van der Waals surface area contributed by atoms with E-state index in [0.29, 0.717) is 12.2 Å². The molecular weight excluding hydrogens is 154 g/mol. The molecule has 0 radical (unpaired) electrons. The predicted molar refractivity (Wildman–Crippen MR) is 47.4 cm³/mol. The van der Waals surface area contributed by atoms with Gasteiger partial charge >= 0.3 is 0 Å². The van der Waals surface area contributed by atoms with E-state index in [0.717, 1.165) is 5.56 Å². The standard InChI is InChI=1S/C8H13N3O/c9-5-7(12)4-6-2-1-3-11-8(6)10/h1-3,7,12H,4-5,9H2,(H2,10,11). The first-order valence-corrected chi connectivity index (χ1v) is 3.81. The molecule has 0 aromatic carbocycles. The van der Waals surface area contributed by atoms with Crippen molar-refractivity contribution in [1.82, 2.24) is 4.98 Å². The first kappa shape index (κ1) is 8.96. The average Bonchev–Trinajstić information content (AvgIpc) is 2.09. The van der Waals surface area contributed by atoms with Crippen LogP contribution in [-0.4, -0.2) is 22.7 Å². The Morgan fingerprint density at radius 3 is 2.92 bits per heavy atom. The molecule has 0 amide bonds. The lowest BCUT2D eigenvalue weighted by molar-refractivity contribution is 0.183. The van der Waals surface area contributed by atoms with Crippen molar-refractivity contribution >= 4 is 5.82 Å². The maximum absolute atomic E-state index is 9.23. The van der Waals surface area contributed by atoms with Crippen LogP contribution in [0.3, 0.4) is 0 Å². The molecule has 0 aliphatic heterocycles. The molecule has 0 aliphatic rings. The van der Waals surface area contributed by atoms with Crippen molar-refractivity contribution in [3.05, 3.63) is 23.9 Å². The number of hydrogen-bond acceptors (Lipinski definition) is 4. The summed E-state index contributed by atoms with van der Waals surface area (Å²) in [7, 11) is 0. The maximum atomic E-state index is 9.23. The topological polar surface area (TPSA) is 85.2 Å². The van der Waals surface area contributed by atoms with Crippen molar-refractivity contribution < 1.29 is 5.11 Å². The lowest BCUT2D eigenvalue weighted by Crippen LogP contribution is -2.22. The van der Waals surface area contributed by atoms with Crippen LogP contribution in [0.15, 0.2) is 18.3 Å². The number of anilines is 1. The maximum Gasteiger partial charge on any atom is 0.126 e. The minimum atomic E-state index is -0.531. The van der Waals surface area contributed by atoms with Crippen LogP contribution >= 0.6 is 0 Å². The zero-order valence-electron chi connectivity index (χ0n) is 6.77. The number of pyridine rings is 1. The van der Waals surface area contributed by atoms with Crippen LogP contribution in [0.4, 0.5) is 5.82 Å². The van der Waals surface area contributed by atoms with E-state index in [1.54, 1.807) is 12.3 Å². The van der Waals surface area contributed by atoms with Crippen LogP contribution in [-0.2, 0) is 6.42 Å². The van der Waals surface area contributed by atoms with Gasteiger partial charge in [-0.2, -0.15) is 0 Å². The predicted octanol–water partition coefficient (Wildman–Crippen LogP) is -0.474. The van der Waals surface area contributed by atoms with E-state index >= 15 is 0 Å². The van der Waals surface area contributed by atoms with Gasteiger partial charge in [0, 0.05) is 19.2 Å². The van der Waals surface area contributed by atoms with E-state index in [2.05, 4.69) is 4.98 Å². The summed E-state index contributed by atoms with van der Waals surface area (Å²) in [5, 5.41) is 9.23. The van der Waals surface area contributed by atoms with Crippen LogP contribution < -0.4 is 11.5 Å². The van der Waals surface area contributed by atoms with E-state index in [-0.39, 0.29) is 6.54 Å². The van der Waals surface area contributed by atoms with Gasteiger partial charge in [0.2, 0.25) is 0 Å². The van der Waals surface area contributed by atoms with Crippen molar-refractivity contribution in [3.63, 3.8) is 0 Å². The van der Waals surface area contributed by atoms with Crippen molar-refractivity contribution in [2.75, 3.05) is 12.3 Å². The van der Waals surface area contributed by atoms with Gasteiger partial charge < -0.3 is 16.6 Å². The Hall–Kier alpha value is -1.13. The highest BCUT2D eigenvalue weighted by Gasteiger charge is 2.05. The minimum Gasteiger partial charge on any atom is -0.391 e. The van der Waals surface area contributed by atoms with Crippen molar-refractivity contribution in [2.24, 2.45) is 5.73 Å². The third-order valence-electron chi connectivity index (χ3n) is 1.65. The highest BCUT2D eigenvalue weighted by atomic mass is 16.3. The molecule has 1 heterocycles. The number of nitrogen functional groups attached to an aromatic ring is 1. The van der Waals surface area contributed by atoms with Crippen LogP contribution in [0.1, 0.15) is 5.56 Å². The average molecular weight is 167 g/mol. The van der Waals surface area contributed by atoms with Crippen LogP contribution in [0.2, 0.25) is 0 Å². The monoisotopic (exact) mass is 167 g/mol. The zero-order valence-corrected chi connectivity index (χ0v) is 6.77. The highest BCUT2D eigenvalue weighted by Crippen LogP contribution is 2.08. The van der Waals surface area contributed by atoms with Gasteiger partial charge in [-0.25, -0.2) is 4.98 Å². The third-order valence-corrected chi connectivity index (χ3v) is 1.65. The molecule has 4 nitrogen and oxygen atoms in total. The molecule has 5 N–H and O–H groups in total. The zero-order chi connectivity index (χ0) is 8.97. The second kappa shape index (κ2) is 4.04. The first-order valence-electron chi connectivity index (χ1n) is 3.81. The van der Waals surface area contributed by atoms with Gasteiger partial charge in [-0.1, -0.05) is 6.07 Å². The first-order chi connectivity index (χ1) is 5.74. The third kappa shape index (κ3) is 2.18. The number of rotatable bonds is 3. The number of aliphatic hydroxyl groups excluding tert-OH is 1. The summed E-state index contributed by atoms with van der Waals surface area (Å²) in [4.78, 5) is 3.89. The Morgan fingerprint density at radius 2 is 2.33 bits per heavy atom. The van der Waals surface area contributed by atoms with Crippen molar-refractivity contribution in [2.45, 2.75) is 12.5 Å². The molecule has 0 saturated carbocycles. The van der Waals surface area contributed by atoms with Gasteiger partial charge in [-0.15, -0.1) is 0 Å². The number of hydrogen-bond donors (Lipinski definition) is 3. The number of nitrogens with zero attached hydrogens (tertiary/aromatic N) is 1. The molecule has 0 saturated heterocycles. The van der Waals surface area contributed by atoms with E-state index in [1.165, 1.54) is 0 Å². The summed E-state index contributed by atoms with van der Waals surface area (Å²) < 4.78 is 0. The molecule has 1 unspecified atom stereocenters. The molecule has 12 heavy (non-hydrogen) atoms. The molecule has 1 aromatic heterocycles. The quantitative estimate of drug-likeness (QED) is 0.568. The smallest absolute Gasteiger partial charge is 0.126 e. The molecule has 1 atom stereocenters. The number of aliphatic hydroxyl groups is 1. The second-order valence-electron chi connectivity index (χ2n) is 2.64. The molecule has 1 rings (SSSR count). The Bertz CT molecular complexity index is 252. The number of nitrogens with two attached hydrogens (primary N) is 2. The van der Waals surface area contributed by atoms with Gasteiger partial charge in [0.05, 0.1) is 6.10 Å². The van der Waals surface area contributed by atoms with Crippen molar-refractivity contribution in [1.29, 1.82) is 0 Å². The lowest BCUT2D eigenvalue weighted by Gasteiger charge is -2.08. The molecule has 0 spiro atoms. The van der Waals surface area contributed by atoms with Crippen molar-refractivity contribution in [3.8, 4) is 0 Å². The molecule has 66 valence electrons. The fourth-order valence-corrected chi connectivity index (χ4v) is 0.961. The van der Waals surface area contributed by atoms with E-state index in [9.17, 15) is 5.11 Å². The number of aromatic nitrogens is 1. The fraction of sp³-hybridized carbons (Fsp3) is 0.375. The summed E-state index contributed by atoms with van der Waals surface area (Å²) in [6.07, 6.45) is 1.56. The summed E-state index contributed by atoms with van der Waals surface area (Å²) in [6, 6.07) is 3.62. The van der Waals surface area contributed by atoms with Crippen LogP contribution in [0.5, 0.6) is 0 Å². The molecule has 4 heteroatoms. The second-order valence-corrected chi connectivity index (χ2v) is 2.64. The Balaban J connectivity index is 2.69. The van der Waals surface area contributed by atoms with Gasteiger partial charge in [-0.05, 0) is 11.6 Å². The van der Waals surface area contributed by atoms with E-state index in [1.807, 2.05) is 6.07 Å². The summed E-state index contributed by atoms with van der Waals surface area (Å²) >= 11 is 0. The van der Waals surface area contributed by atoms with E-state index < -0.39 is 6.10 Å². The normalized spacial score (nSPS) is 12.8. The molecule has 0 bridgehead atoms. The van der Waals surface area contributed by atoms with E-state index in [4.69, 9.17) is 11.5 Å². The van der Waals surface area contributed by atoms with Gasteiger partial charge in [0.1, 0.15) is 5.82 Å². The Kier molecular flexibility index (Phi) is 3.01. The lowest BCUT2D eigenvalue weighted by atomic mass is 10.1. The Labute approximate surface area is 71.2 Å². The largest absolute Gasteiger partial charge is 0.391 e. The SMILES string of the molecule is NCC(O)Cc1cccnc1N. The fourth-order valence-electron chi connectivity index (χ4n) is 0.961. The minimum absolute atomic E-state index is 0.244. The summed E-state index contributed by atoms with van der Waals surface area (Å²) in [5.74, 6) is 0.463. The molecule has 0 fully saturated rings. The summed E-state index contributed by atoms with van der Waals surface area (Å²) in [6.45, 7) is 0.244. The van der Waals surface area contributed by atoms with Gasteiger partial charge in [0.15, 0.2) is 0 Å². The summed E-state index contributed by atoms with van der Waals surface area (Å²) in [5.41, 5.74) is 11.7. The molecule has 1 aromatic rings. The molecule has 0 aliphatic carbocycles. The van der Waals surface area contributed by atoms with Crippen LogP contribution in [0, 0.1) is 0 Å². The van der Waals surface area contributed by atoms with Crippen LogP contribution in [0.25, 0.3) is 0 Å². The van der Waals surface area contributed by atoms with Gasteiger partial charge in [-0.3, -0.25) is 0 Å². The highest BCUT2D eigenvalue weighted by molar-refractivity contribution is 5.38.